The zero-order valence-corrected chi connectivity index (χ0v) is 15.0. The molecule has 0 atom stereocenters. The van der Waals surface area contributed by atoms with Gasteiger partial charge in [-0.15, -0.1) is 0 Å². The van der Waals surface area contributed by atoms with Crippen LogP contribution in [0.5, 0.6) is 0 Å². The van der Waals surface area contributed by atoms with Crippen LogP contribution >= 0.6 is 0 Å². The Balaban J connectivity index is 2.28. The first-order valence-corrected chi connectivity index (χ1v) is 8.13. The number of ether oxygens (including phenoxy) is 1. The van der Waals surface area contributed by atoms with Gasteiger partial charge in [-0.3, -0.25) is 4.79 Å². The lowest BCUT2D eigenvalue weighted by atomic mass is 10.0. The average Bonchev–Trinajstić information content (AvgIpc) is 2.51. The highest BCUT2D eigenvalue weighted by molar-refractivity contribution is 5.90. The highest BCUT2D eigenvalue weighted by Crippen LogP contribution is 2.20. The maximum atomic E-state index is 11.7. The Labute approximate surface area is 148 Å². The normalized spacial score (nSPS) is 12.4. The van der Waals surface area contributed by atoms with Gasteiger partial charge in [0, 0.05) is 18.7 Å². The molecule has 0 aliphatic carbocycles. The van der Waals surface area contributed by atoms with E-state index < -0.39 is 11.6 Å². The van der Waals surface area contributed by atoms with E-state index in [1.807, 2.05) is 63.2 Å². The number of rotatable bonds is 4. The largest absolute Gasteiger partial charge is 0.457 e. The lowest BCUT2D eigenvalue weighted by Crippen LogP contribution is -2.22. The SMILES string of the molecule is CC(=O)N/C(=C\C=C\C(=O)OC(C)(C)C)c1ccc2ccccc2c1. The van der Waals surface area contributed by atoms with E-state index in [1.54, 1.807) is 12.2 Å². The standard InChI is InChI=1S/C21H23NO3/c1-15(23)22-19(10-7-11-20(24)25-21(2,3)4)18-13-12-16-8-5-6-9-17(16)14-18/h5-14H,1-4H3,(H,22,23)/b11-7+,19-10-. The average molecular weight is 337 g/mol. The Kier molecular flexibility index (Phi) is 5.75. The van der Waals surface area contributed by atoms with Crippen LogP contribution in [0.1, 0.15) is 33.3 Å². The molecular weight excluding hydrogens is 314 g/mol. The van der Waals surface area contributed by atoms with E-state index in [4.69, 9.17) is 4.74 Å². The van der Waals surface area contributed by atoms with Gasteiger partial charge in [-0.2, -0.15) is 0 Å². The number of benzene rings is 2. The van der Waals surface area contributed by atoms with Crippen molar-refractivity contribution in [3.05, 3.63) is 66.3 Å². The summed E-state index contributed by atoms with van der Waals surface area (Å²) in [5.41, 5.74) is 0.949. The van der Waals surface area contributed by atoms with Crippen molar-refractivity contribution in [2.24, 2.45) is 0 Å². The van der Waals surface area contributed by atoms with Crippen LogP contribution in [0.3, 0.4) is 0 Å². The second kappa shape index (κ2) is 7.79. The molecular formula is C21H23NO3. The molecule has 0 aromatic heterocycles. The number of fused-ring (bicyclic) bond motifs is 1. The second-order valence-corrected chi connectivity index (χ2v) is 6.72. The predicted octanol–water partition coefficient (Wildman–Crippen LogP) is 4.21. The zero-order chi connectivity index (χ0) is 18.4. The number of hydrogen-bond donors (Lipinski definition) is 1. The van der Waals surface area contributed by atoms with Crippen LogP contribution in [0, 0.1) is 0 Å². The Morgan fingerprint density at radius 1 is 1.04 bits per heavy atom. The Morgan fingerprint density at radius 3 is 2.36 bits per heavy atom. The summed E-state index contributed by atoms with van der Waals surface area (Å²) in [4.78, 5) is 23.3. The van der Waals surface area contributed by atoms with E-state index in [-0.39, 0.29) is 5.91 Å². The van der Waals surface area contributed by atoms with Gasteiger partial charge in [0.2, 0.25) is 5.91 Å². The van der Waals surface area contributed by atoms with E-state index in [2.05, 4.69) is 5.32 Å². The number of nitrogens with one attached hydrogen (secondary N) is 1. The maximum Gasteiger partial charge on any atom is 0.331 e. The molecule has 0 aliphatic rings. The van der Waals surface area contributed by atoms with Gasteiger partial charge in [0.1, 0.15) is 5.60 Å². The molecule has 0 fully saturated rings. The summed E-state index contributed by atoms with van der Waals surface area (Å²) in [6, 6.07) is 13.9. The van der Waals surface area contributed by atoms with Gasteiger partial charge in [0.25, 0.3) is 0 Å². The smallest absolute Gasteiger partial charge is 0.331 e. The lowest BCUT2D eigenvalue weighted by molar-refractivity contribution is -0.148. The first-order chi connectivity index (χ1) is 11.7. The number of amides is 1. The van der Waals surface area contributed by atoms with Crippen LogP contribution in [0.15, 0.2) is 60.7 Å². The van der Waals surface area contributed by atoms with Crippen molar-refractivity contribution in [3.8, 4) is 0 Å². The Hall–Kier alpha value is -2.88. The first kappa shape index (κ1) is 18.5. The highest BCUT2D eigenvalue weighted by atomic mass is 16.6. The van der Waals surface area contributed by atoms with E-state index >= 15 is 0 Å². The fourth-order valence-electron chi connectivity index (χ4n) is 2.32. The third kappa shape index (κ3) is 5.92. The van der Waals surface area contributed by atoms with Crippen molar-refractivity contribution in [1.29, 1.82) is 0 Å². The number of carbonyl (C=O) groups excluding carboxylic acids is 2. The van der Waals surface area contributed by atoms with Crippen molar-refractivity contribution < 1.29 is 14.3 Å². The van der Waals surface area contributed by atoms with Crippen LogP contribution in [-0.4, -0.2) is 17.5 Å². The Bertz CT molecular complexity index is 842. The molecule has 0 bridgehead atoms. The lowest BCUT2D eigenvalue weighted by Gasteiger charge is -2.17. The molecule has 4 nitrogen and oxygen atoms in total. The molecule has 130 valence electrons. The molecule has 0 heterocycles. The minimum absolute atomic E-state index is 0.176. The summed E-state index contributed by atoms with van der Waals surface area (Å²) in [6.07, 6.45) is 4.61. The molecule has 2 aromatic rings. The number of esters is 1. The summed E-state index contributed by atoms with van der Waals surface area (Å²) in [5, 5.41) is 5.00. The van der Waals surface area contributed by atoms with E-state index in [9.17, 15) is 9.59 Å². The zero-order valence-electron chi connectivity index (χ0n) is 15.0. The number of hydrogen-bond acceptors (Lipinski definition) is 3. The minimum atomic E-state index is -0.538. The fourth-order valence-corrected chi connectivity index (χ4v) is 2.32. The van der Waals surface area contributed by atoms with E-state index in [1.165, 1.54) is 13.0 Å². The molecule has 2 rings (SSSR count). The van der Waals surface area contributed by atoms with E-state index in [0.717, 1.165) is 16.3 Å². The van der Waals surface area contributed by atoms with Crippen molar-refractivity contribution in [2.75, 3.05) is 0 Å². The van der Waals surface area contributed by atoms with Gasteiger partial charge in [-0.25, -0.2) is 4.79 Å². The van der Waals surface area contributed by atoms with Gasteiger partial charge in [0.05, 0.1) is 0 Å². The molecule has 4 heteroatoms. The van der Waals surface area contributed by atoms with Crippen LogP contribution in [0.2, 0.25) is 0 Å². The van der Waals surface area contributed by atoms with Crippen LogP contribution < -0.4 is 5.32 Å². The summed E-state index contributed by atoms with van der Waals surface area (Å²) in [5.74, 6) is -0.602. The van der Waals surface area contributed by atoms with Crippen molar-refractivity contribution >= 4 is 28.3 Å². The molecule has 0 radical (unpaired) electrons. The Morgan fingerprint density at radius 2 is 1.72 bits per heavy atom. The first-order valence-electron chi connectivity index (χ1n) is 8.13. The summed E-state index contributed by atoms with van der Waals surface area (Å²) >= 11 is 0. The summed E-state index contributed by atoms with van der Waals surface area (Å²) in [7, 11) is 0. The van der Waals surface area contributed by atoms with E-state index in [0.29, 0.717) is 5.70 Å². The molecule has 0 aliphatic heterocycles. The van der Waals surface area contributed by atoms with Crippen LogP contribution in [0.25, 0.3) is 16.5 Å². The fraction of sp³-hybridized carbons (Fsp3) is 0.238. The third-order valence-corrected chi connectivity index (χ3v) is 3.27. The highest BCUT2D eigenvalue weighted by Gasteiger charge is 2.13. The monoisotopic (exact) mass is 337 g/mol. The van der Waals surface area contributed by atoms with Crippen molar-refractivity contribution in [3.63, 3.8) is 0 Å². The van der Waals surface area contributed by atoms with Crippen LogP contribution in [0.4, 0.5) is 0 Å². The molecule has 0 saturated heterocycles. The van der Waals surface area contributed by atoms with Gasteiger partial charge in [-0.1, -0.05) is 42.5 Å². The number of carbonyl (C=O) groups is 2. The third-order valence-electron chi connectivity index (χ3n) is 3.27. The minimum Gasteiger partial charge on any atom is -0.457 e. The van der Waals surface area contributed by atoms with Gasteiger partial charge < -0.3 is 10.1 Å². The van der Waals surface area contributed by atoms with Crippen LogP contribution in [-0.2, 0) is 14.3 Å². The van der Waals surface area contributed by atoms with Gasteiger partial charge in [-0.05, 0) is 49.2 Å². The van der Waals surface area contributed by atoms with Gasteiger partial charge >= 0.3 is 5.97 Å². The summed E-state index contributed by atoms with van der Waals surface area (Å²) in [6.45, 7) is 6.89. The second-order valence-electron chi connectivity index (χ2n) is 6.72. The molecule has 0 spiro atoms. The van der Waals surface area contributed by atoms with Crippen molar-refractivity contribution in [2.45, 2.75) is 33.3 Å². The molecule has 0 saturated carbocycles. The molecule has 1 amide bonds. The van der Waals surface area contributed by atoms with Crippen molar-refractivity contribution in [1.82, 2.24) is 5.32 Å². The molecule has 2 aromatic carbocycles. The maximum absolute atomic E-state index is 11.7. The molecule has 0 unspecified atom stereocenters. The van der Waals surface area contributed by atoms with Gasteiger partial charge in [0.15, 0.2) is 0 Å². The molecule has 1 N–H and O–H groups in total. The number of allylic oxidation sites excluding steroid dienone is 2. The topological polar surface area (TPSA) is 55.4 Å². The quantitative estimate of drug-likeness (QED) is 0.516. The molecule has 25 heavy (non-hydrogen) atoms. The predicted molar refractivity (Wildman–Crippen MR) is 101 cm³/mol. The summed E-state index contributed by atoms with van der Waals surface area (Å²) < 4.78 is 5.22.